The van der Waals surface area contributed by atoms with Crippen LogP contribution in [-0.4, -0.2) is 18.4 Å². The largest absolute Gasteiger partial charge is 0.493 e. The number of hydrogen-bond acceptors (Lipinski definition) is 3. The molecule has 0 bridgehead atoms. The zero-order valence-electron chi connectivity index (χ0n) is 14.8. The number of benzene rings is 2. The standard InChI is InChI=1S/C20H24N2O3/c1-4-25-18-8-6-5-7-17(18)20(24)22-16-11-9-15(10-12-16)21-19(23)13-14(2)3/h5-12,14H,4,13H2,1-3H3,(H,21,23)(H,22,24). The summed E-state index contributed by atoms with van der Waals surface area (Å²) in [7, 11) is 0. The molecular formula is C20H24N2O3. The van der Waals surface area contributed by atoms with Crippen LogP contribution in [-0.2, 0) is 4.79 Å². The molecule has 5 nitrogen and oxygen atoms in total. The van der Waals surface area contributed by atoms with E-state index in [9.17, 15) is 9.59 Å². The lowest BCUT2D eigenvalue weighted by Crippen LogP contribution is -2.15. The molecule has 0 heterocycles. The van der Waals surface area contributed by atoms with Gasteiger partial charge in [-0.3, -0.25) is 9.59 Å². The predicted molar refractivity (Wildman–Crippen MR) is 100 cm³/mol. The Bertz CT molecular complexity index is 724. The maximum Gasteiger partial charge on any atom is 0.259 e. The maximum absolute atomic E-state index is 12.4. The Hall–Kier alpha value is -2.82. The van der Waals surface area contributed by atoms with Crippen LogP contribution in [0.3, 0.4) is 0 Å². The van der Waals surface area contributed by atoms with E-state index >= 15 is 0 Å². The second-order valence-electron chi connectivity index (χ2n) is 6.11. The Morgan fingerprint density at radius 3 is 2.16 bits per heavy atom. The summed E-state index contributed by atoms with van der Waals surface area (Å²) in [5.41, 5.74) is 1.84. The number of ether oxygens (including phenoxy) is 1. The highest BCUT2D eigenvalue weighted by atomic mass is 16.5. The SMILES string of the molecule is CCOc1ccccc1C(=O)Nc1ccc(NC(=O)CC(C)C)cc1. The van der Waals surface area contributed by atoms with Gasteiger partial charge in [-0.15, -0.1) is 0 Å². The van der Waals surface area contributed by atoms with E-state index < -0.39 is 0 Å². The van der Waals surface area contributed by atoms with E-state index in [1.54, 1.807) is 42.5 Å². The molecule has 0 saturated heterocycles. The smallest absolute Gasteiger partial charge is 0.259 e. The topological polar surface area (TPSA) is 67.4 Å². The van der Waals surface area contributed by atoms with Crippen molar-refractivity contribution in [3.8, 4) is 5.75 Å². The van der Waals surface area contributed by atoms with E-state index in [4.69, 9.17) is 4.74 Å². The van der Waals surface area contributed by atoms with Crippen molar-refractivity contribution in [3.63, 3.8) is 0 Å². The molecular weight excluding hydrogens is 316 g/mol. The highest BCUT2D eigenvalue weighted by Gasteiger charge is 2.12. The molecule has 0 aromatic heterocycles. The zero-order chi connectivity index (χ0) is 18.2. The number of amides is 2. The monoisotopic (exact) mass is 340 g/mol. The molecule has 2 aromatic carbocycles. The Morgan fingerprint density at radius 2 is 1.56 bits per heavy atom. The molecule has 0 fully saturated rings. The van der Waals surface area contributed by atoms with Crippen LogP contribution in [0.15, 0.2) is 48.5 Å². The number of carbonyl (C=O) groups excluding carboxylic acids is 2. The molecule has 2 rings (SSSR count). The van der Waals surface area contributed by atoms with Gasteiger partial charge in [0.05, 0.1) is 12.2 Å². The molecule has 0 aliphatic heterocycles. The van der Waals surface area contributed by atoms with Crippen molar-refractivity contribution >= 4 is 23.2 Å². The molecule has 0 spiro atoms. The fourth-order valence-corrected chi connectivity index (χ4v) is 2.35. The van der Waals surface area contributed by atoms with Crippen molar-refractivity contribution in [2.45, 2.75) is 27.2 Å². The third-order valence-electron chi connectivity index (χ3n) is 3.45. The van der Waals surface area contributed by atoms with Crippen molar-refractivity contribution in [1.29, 1.82) is 0 Å². The quantitative estimate of drug-likeness (QED) is 0.788. The lowest BCUT2D eigenvalue weighted by atomic mass is 10.1. The van der Waals surface area contributed by atoms with Crippen molar-refractivity contribution in [2.24, 2.45) is 5.92 Å². The zero-order valence-corrected chi connectivity index (χ0v) is 14.8. The van der Waals surface area contributed by atoms with E-state index in [0.29, 0.717) is 41.6 Å². The third kappa shape index (κ3) is 5.64. The van der Waals surface area contributed by atoms with Gasteiger partial charge in [-0.25, -0.2) is 0 Å². The van der Waals surface area contributed by atoms with Crippen LogP contribution in [0.4, 0.5) is 11.4 Å². The normalized spacial score (nSPS) is 10.4. The first-order valence-corrected chi connectivity index (χ1v) is 8.42. The first kappa shape index (κ1) is 18.5. The molecule has 0 radical (unpaired) electrons. The second kappa shape index (κ2) is 8.87. The van der Waals surface area contributed by atoms with Gasteiger partial charge in [0.2, 0.25) is 5.91 Å². The summed E-state index contributed by atoms with van der Waals surface area (Å²) >= 11 is 0. The van der Waals surface area contributed by atoms with Gasteiger partial charge < -0.3 is 15.4 Å². The molecule has 0 atom stereocenters. The Balaban J connectivity index is 2.01. The van der Waals surface area contributed by atoms with Crippen LogP contribution >= 0.6 is 0 Å². The van der Waals surface area contributed by atoms with Gasteiger partial charge in [-0.05, 0) is 49.2 Å². The maximum atomic E-state index is 12.4. The fraction of sp³-hybridized carbons (Fsp3) is 0.300. The Kier molecular flexibility index (Phi) is 6.57. The molecule has 0 saturated carbocycles. The van der Waals surface area contributed by atoms with Crippen molar-refractivity contribution in [1.82, 2.24) is 0 Å². The number of carbonyl (C=O) groups is 2. The molecule has 132 valence electrons. The van der Waals surface area contributed by atoms with E-state index in [-0.39, 0.29) is 11.8 Å². The average molecular weight is 340 g/mol. The van der Waals surface area contributed by atoms with Gasteiger partial charge in [0.25, 0.3) is 5.91 Å². The number of rotatable bonds is 7. The molecule has 0 unspecified atom stereocenters. The Morgan fingerprint density at radius 1 is 0.960 bits per heavy atom. The average Bonchev–Trinajstić information content (AvgIpc) is 2.56. The van der Waals surface area contributed by atoms with Gasteiger partial charge in [-0.2, -0.15) is 0 Å². The van der Waals surface area contributed by atoms with E-state index in [1.807, 2.05) is 26.8 Å². The molecule has 0 aliphatic carbocycles. The third-order valence-corrected chi connectivity index (χ3v) is 3.45. The lowest BCUT2D eigenvalue weighted by Gasteiger charge is -2.11. The second-order valence-corrected chi connectivity index (χ2v) is 6.11. The van der Waals surface area contributed by atoms with Crippen LogP contribution in [0, 0.1) is 5.92 Å². The van der Waals surface area contributed by atoms with Crippen LogP contribution in [0.2, 0.25) is 0 Å². The number of anilines is 2. The number of hydrogen-bond donors (Lipinski definition) is 2. The summed E-state index contributed by atoms with van der Waals surface area (Å²) in [4.78, 5) is 24.2. The van der Waals surface area contributed by atoms with Gasteiger partial charge in [0.15, 0.2) is 0 Å². The summed E-state index contributed by atoms with van der Waals surface area (Å²) in [6.07, 6.45) is 0.479. The van der Waals surface area contributed by atoms with Crippen LogP contribution in [0.5, 0.6) is 5.75 Å². The van der Waals surface area contributed by atoms with Crippen LogP contribution in [0.25, 0.3) is 0 Å². The van der Waals surface area contributed by atoms with E-state index in [1.165, 1.54) is 0 Å². The minimum Gasteiger partial charge on any atom is -0.493 e. The summed E-state index contributed by atoms with van der Waals surface area (Å²) in [6, 6.07) is 14.2. The highest BCUT2D eigenvalue weighted by molar-refractivity contribution is 6.06. The van der Waals surface area contributed by atoms with Crippen LogP contribution < -0.4 is 15.4 Å². The first-order valence-electron chi connectivity index (χ1n) is 8.42. The lowest BCUT2D eigenvalue weighted by molar-refractivity contribution is -0.116. The van der Waals surface area contributed by atoms with Crippen molar-refractivity contribution < 1.29 is 14.3 Å². The number of nitrogens with one attached hydrogen (secondary N) is 2. The Labute approximate surface area is 148 Å². The predicted octanol–water partition coefficient (Wildman–Crippen LogP) is 4.32. The van der Waals surface area contributed by atoms with Crippen LogP contribution in [0.1, 0.15) is 37.6 Å². The number of para-hydroxylation sites is 1. The van der Waals surface area contributed by atoms with E-state index in [2.05, 4.69) is 10.6 Å². The highest BCUT2D eigenvalue weighted by Crippen LogP contribution is 2.20. The minimum absolute atomic E-state index is 0.0163. The summed E-state index contributed by atoms with van der Waals surface area (Å²) in [5, 5.41) is 5.68. The van der Waals surface area contributed by atoms with Gasteiger partial charge in [0.1, 0.15) is 5.75 Å². The summed E-state index contributed by atoms with van der Waals surface area (Å²) in [6.45, 7) is 6.37. The van der Waals surface area contributed by atoms with Crippen molar-refractivity contribution in [3.05, 3.63) is 54.1 Å². The summed E-state index contributed by atoms with van der Waals surface area (Å²) < 4.78 is 5.48. The van der Waals surface area contributed by atoms with E-state index in [0.717, 1.165) is 0 Å². The molecule has 0 aliphatic rings. The molecule has 5 heteroatoms. The van der Waals surface area contributed by atoms with Gasteiger partial charge in [-0.1, -0.05) is 26.0 Å². The molecule has 2 N–H and O–H groups in total. The molecule has 2 amide bonds. The van der Waals surface area contributed by atoms with Crippen molar-refractivity contribution in [2.75, 3.05) is 17.2 Å². The molecule has 25 heavy (non-hydrogen) atoms. The fourth-order valence-electron chi connectivity index (χ4n) is 2.35. The van der Waals surface area contributed by atoms with Gasteiger partial charge in [0, 0.05) is 17.8 Å². The molecule has 2 aromatic rings. The summed E-state index contributed by atoms with van der Waals surface area (Å²) in [5.74, 6) is 0.613. The first-order chi connectivity index (χ1) is 12.0. The van der Waals surface area contributed by atoms with Gasteiger partial charge >= 0.3 is 0 Å². The minimum atomic E-state index is -0.236.